The lowest BCUT2D eigenvalue weighted by atomic mass is 9.78. The number of amides is 1. The summed E-state index contributed by atoms with van der Waals surface area (Å²) in [5.41, 5.74) is 6.42. The molecule has 6 nitrogen and oxygen atoms in total. The van der Waals surface area contributed by atoms with Crippen molar-refractivity contribution in [3.63, 3.8) is 0 Å². The predicted molar refractivity (Wildman–Crippen MR) is 159 cm³/mol. The molecule has 4 aromatic rings. The molecule has 2 saturated carbocycles. The van der Waals surface area contributed by atoms with Crippen LogP contribution in [0.4, 0.5) is 5.69 Å². The Bertz CT molecular complexity index is 1420. The van der Waals surface area contributed by atoms with Gasteiger partial charge in [-0.05, 0) is 98.6 Å². The average molecular weight is 562 g/mol. The van der Waals surface area contributed by atoms with E-state index in [-0.39, 0.29) is 17.9 Å². The van der Waals surface area contributed by atoms with Gasteiger partial charge in [0.25, 0.3) is 5.19 Å². The Morgan fingerprint density at radius 2 is 1.85 bits per heavy atom. The first kappa shape index (κ1) is 26.4. The molecule has 0 saturated heterocycles. The molecule has 1 amide bonds. The van der Waals surface area contributed by atoms with Crippen molar-refractivity contribution in [1.29, 1.82) is 0 Å². The number of hydrogen-bond acceptors (Lipinski definition) is 7. The van der Waals surface area contributed by atoms with E-state index in [4.69, 9.17) is 4.74 Å². The molecule has 8 heteroatoms. The normalized spacial score (nSPS) is 23.5. The maximum atomic E-state index is 14.0. The first-order valence-electron chi connectivity index (χ1n) is 14.0. The predicted octanol–water partition coefficient (Wildman–Crippen LogP) is 7.29. The number of thiazole rings is 2. The van der Waals surface area contributed by atoms with Crippen LogP contribution in [0.25, 0.3) is 20.7 Å². The molecule has 2 fully saturated rings. The Morgan fingerprint density at radius 3 is 2.62 bits per heavy atom. The van der Waals surface area contributed by atoms with Crippen molar-refractivity contribution in [2.24, 2.45) is 11.8 Å². The maximum Gasteiger partial charge on any atom is 0.273 e. The Balaban J connectivity index is 1.20. The fraction of sp³-hybridized carbons (Fsp3) is 0.452. The summed E-state index contributed by atoms with van der Waals surface area (Å²) in [5.74, 6) is 1.20. The molecule has 0 radical (unpaired) electrons. The number of fused-ring (bicyclic) bond motifs is 1. The molecule has 2 heterocycles. The molecular formula is C31H35N3O3S2. The summed E-state index contributed by atoms with van der Waals surface area (Å²) in [4.78, 5) is 25.9. The molecule has 2 aliphatic carbocycles. The van der Waals surface area contributed by atoms with Crippen LogP contribution in [0.5, 0.6) is 5.19 Å². The summed E-state index contributed by atoms with van der Waals surface area (Å²) in [5, 5.41) is 10.7. The molecule has 0 spiro atoms. The average Bonchev–Trinajstić information content (AvgIpc) is 3.66. The lowest BCUT2D eigenvalue weighted by Gasteiger charge is -2.36. The van der Waals surface area contributed by atoms with Gasteiger partial charge in [0, 0.05) is 24.3 Å². The summed E-state index contributed by atoms with van der Waals surface area (Å²) in [6, 6.07) is 15.0. The number of anilines is 1. The maximum absolute atomic E-state index is 14.0. The van der Waals surface area contributed by atoms with Crippen LogP contribution >= 0.6 is 22.7 Å². The van der Waals surface area contributed by atoms with Crippen LogP contribution in [-0.4, -0.2) is 40.7 Å². The Labute approximate surface area is 237 Å². The minimum Gasteiger partial charge on any atom is -0.473 e. The summed E-state index contributed by atoms with van der Waals surface area (Å²) >= 11 is 3.20. The van der Waals surface area contributed by atoms with E-state index in [1.54, 1.807) is 18.4 Å². The molecule has 0 aliphatic heterocycles. The molecule has 0 bridgehead atoms. The minimum absolute atomic E-state index is 0.0262. The van der Waals surface area contributed by atoms with Crippen LogP contribution in [0.3, 0.4) is 0 Å². The summed E-state index contributed by atoms with van der Waals surface area (Å²) < 4.78 is 6.54. The van der Waals surface area contributed by atoms with Crippen LogP contribution in [0.2, 0.25) is 0 Å². The topological polar surface area (TPSA) is 75.5 Å². The van der Waals surface area contributed by atoms with Gasteiger partial charge in [0.05, 0.1) is 33.8 Å². The summed E-state index contributed by atoms with van der Waals surface area (Å²) in [6.45, 7) is 0.741. The van der Waals surface area contributed by atoms with E-state index in [1.807, 2.05) is 17.8 Å². The third-order valence-corrected chi connectivity index (χ3v) is 10.3. The van der Waals surface area contributed by atoms with Gasteiger partial charge >= 0.3 is 0 Å². The smallest absolute Gasteiger partial charge is 0.273 e. The van der Waals surface area contributed by atoms with Crippen molar-refractivity contribution >= 4 is 44.5 Å². The molecule has 2 aromatic heterocycles. The van der Waals surface area contributed by atoms with Gasteiger partial charge in [-0.25, -0.2) is 9.97 Å². The molecule has 1 N–H and O–H groups in total. The van der Waals surface area contributed by atoms with E-state index in [0.29, 0.717) is 29.9 Å². The van der Waals surface area contributed by atoms with E-state index in [2.05, 4.69) is 51.3 Å². The largest absolute Gasteiger partial charge is 0.473 e. The van der Waals surface area contributed by atoms with Crippen molar-refractivity contribution in [2.75, 3.05) is 18.6 Å². The molecule has 0 atom stereocenters. The van der Waals surface area contributed by atoms with Crippen LogP contribution in [0, 0.1) is 11.8 Å². The molecule has 6 rings (SSSR count). The van der Waals surface area contributed by atoms with E-state index >= 15 is 0 Å². The molecule has 39 heavy (non-hydrogen) atoms. The fourth-order valence-electron chi connectivity index (χ4n) is 6.24. The van der Waals surface area contributed by atoms with Crippen LogP contribution in [0.15, 0.2) is 54.2 Å². The van der Waals surface area contributed by atoms with Crippen molar-refractivity contribution in [3.05, 3.63) is 59.7 Å². The second kappa shape index (κ2) is 11.7. The molecule has 2 aromatic carbocycles. The quantitative estimate of drug-likeness (QED) is 0.256. The number of aliphatic hydroxyl groups excluding tert-OH is 1. The number of benzene rings is 2. The number of hydrogen-bond donors (Lipinski definition) is 1. The van der Waals surface area contributed by atoms with Gasteiger partial charge in [-0.2, -0.15) is 0 Å². The first-order chi connectivity index (χ1) is 19.1. The zero-order chi connectivity index (χ0) is 26.8. The van der Waals surface area contributed by atoms with E-state index in [9.17, 15) is 9.90 Å². The number of rotatable bonds is 7. The Morgan fingerprint density at radius 1 is 1.03 bits per heavy atom. The second-order valence-electron chi connectivity index (χ2n) is 11.0. The number of aliphatic hydroxyl groups is 1. The van der Waals surface area contributed by atoms with Crippen LogP contribution < -0.4 is 9.64 Å². The van der Waals surface area contributed by atoms with Gasteiger partial charge in [-0.3, -0.25) is 4.79 Å². The number of ether oxygens (including phenoxy) is 1. The number of nitrogens with zero attached hydrogens (tertiary/aromatic N) is 3. The number of aromatic nitrogens is 2. The van der Waals surface area contributed by atoms with Gasteiger partial charge < -0.3 is 14.7 Å². The second-order valence-corrected chi connectivity index (χ2v) is 12.9. The summed E-state index contributed by atoms with van der Waals surface area (Å²) in [7, 11) is 1.63. The van der Waals surface area contributed by atoms with E-state index in [0.717, 1.165) is 66.7 Å². The molecule has 204 valence electrons. The van der Waals surface area contributed by atoms with Crippen molar-refractivity contribution < 1.29 is 14.6 Å². The molecule has 2 aliphatic rings. The zero-order valence-electron chi connectivity index (χ0n) is 22.3. The highest BCUT2D eigenvalue weighted by molar-refractivity contribution is 7.17. The highest BCUT2D eigenvalue weighted by atomic mass is 32.1. The monoisotopic (exact) mass is 561 g/mol. The minimum atomic E-state index is -0.272. The van der Waals surface area contributed by atoms with Crippen molar-refractivity contribution in [2.45, 2.75) is 63.4 Å². The SMILES string of the molecule is COc1ncc(-c2cccc(N(C[C@H]3CC[C@H](c4ccc5scnc5c4)CC3)C(=O)[C@H]3CC[C@H](O)CC3)c2)s1. The lowest BCUT2D eigenvalue weighted by Crippen LogP contribution is -2.41. The zero-order valence-corrected chi connectivity index (χ0v) is 23.9. The Hall–Kier alpha value is -2.81. The Kier molecular flexibility index (Phi) is 7.95. The van der Waals surface area contributed by atoms with E-state index < -0.39 is 0 Å². The number of carbonyl (C=O) groups is 1. The van der Waals surface area contributed by atoms with Gasteiger partial charge in [0.1, 0.15) is 0 Å². The van der Waals surface area contributed by atoms with E-state index in [1.165, 1.54) is 21.6 Å². The highest BCUT2D eigenvalue weighted by Gasteiger charge is 2.32. The summed E-state index contributed by atoms with van der Waals surface area (Å²) in [6.07, 6.45) is 8.99. The standard InChI is InChI=1S/C31H35N3O3S2/c1-37-31-32-17-29(39-31)24-3-2-4-25(15-24)34(30(36)22-9-12-26(35)13-10-22)18-20-5-7-21(8-6-20)23-11-14-28-27(16-23)33-19-38-28/h2-4,11,14-17,19-22,26,35H,5-10,12-13,18H2,1H3/t20-,21-,22-,26-. The highest BCUT2D eigenvalue weighted by Crippen LogP contribution is 2.39. The van der Waals surface area contributed by atoms with Gasteiger partial charge in [-0.15, -0.1) is 11.3 Å². The van der Waals surface area contributed by atoms with Crippen molar-refractivity contribution in [3.8, 4) is 15.6 Å². The third kappa shape index (κ3) is 5.88. The van der Waals surface area contributed by atoms with Crippen molar-refractivity contribution in [1.82, 2.24) is 9.97 Å². The van der Waals surface area contributed by atoms with Gasteiger partial charge in [0.15, 0.2) is 0 Å². The van der Waals surface area contributed by atoms with Gasteiger partial charge in [0.2, 0.25) is 5.91 Å². The van der Waals surface area contributed by atoms with Crippen LogP contribution in [0.1, 0.15) is 62.8 Å². The fourth-order valence-corrected chi connectivity index (χ4v) is 7.63. The first-order valence-corrected chi connectivity index (χ1v) is 15.7. The van der Waals surface area contributed by atoms with Crippen LogP contribution in [-0.2, 0) is 4.79 Å². The third-order valence-electron chi connectivity index (χ3n) is 8.53. The molecule has 0 unspecified atom stereocenters. The lowest BCUT2D eigenvalue weighted by molar-refractivity contribution is -0.124. The molecular weight excluding hydrogens is 526 g/mol. The number of carbonyl (C=O) groups excluding carboxylic acids is 1. The van der Waals surface area contributed by atoms with Gasteiger partial charge in [-0.1, -0.05) is 29.5 Å². The number of methoxy groups -OCH3 is 1.